The predicted octanol–water partition coefficient (Wildman–Crippen LogP) is 2.47. The molecule has 24 heavy (non-hydrogen) atoms. The molecular weight excluding hydrogens is 326 g/mol. The van der Waals surface area contributed by atoms with E-state index in [0.717, 1.165) is 12.8 Å². The molecule has 1 aliphatic carbocycles. The van der Waals surface area contributed by atoms with Crippen LogP contribution < -0.4 is 16.0 Å². The summed E-state index contributed by atoms with van der Waals surface area (Å²) in [6, 6.07) is 10.4. The average Bonchev–Trinajstić information content (AvgIpc) is 3.28. The van der Waals surface area contributed by atoms with Gasteiger partial charge in [0.2, 0.25) is 11.8 Å². The maximum atomic E-state index is 11.9. The van der Waals surface area contributed by atoms with Gasteiger partial charge in [-0.1, -0.05) is 12.1 Å². The third-order valence-corrected chi connectivity index (χ3v) is 4.39. The van der Waals surface area contributed by atoms with Crippen LogP contribution in [0.5, 0.6) is 0 Å². The molecule has 1 aromatic heterocycles. The smallest absolute Gasteiger partial charge is 0.261 e. The van der Waals surface area contributed by atoms with Crippen molar-refractivity contribution >= 4 is 40.4 Å². The molecule has 3 rings (SSSR count). The molecule has 0 unspecified atom stereocenters. The van der Waals surface area contributed by atoms with E-state index in [0.29, 0.717) is 16.3 Å². The van der Waals surface area contributed by atoms with Crippen molar-refractivity contribution in [2.75, 3.05) is 17.2 Å². The molecule has 1 aromatic carbocycles. The van der Waals surface area contributed by atoms with Gasteiger partial charge in [-0.05, 0) is 42.5 Å². The van der Waals surface area contributed by atoms with Gasteiger partial charge in [0.15, 0.2) is 0 Å². The van der Waals surface area contributed by atoms with E-state index < -0.39 is 0 Å². The highest BCUT2D eigenvalue weighted by Crippen LogP contribution is 2.30. The molecule has 3 amide bonds. The first-order valence-corrected chi connectivity index (χ1v) is 8.52. The van der Waals surface area contributed by atoms with Gasteiger partial charge >= 0.3 is 0 Å². The predicted molar refractivity (Wildman–Crippen MR) is 93.1 cm³/mol. The van der Waals surface area contributed by atoms with Crippen LogP contribution in [-0.2, 0) is 9.59 Å². The zero-order chi connectivity index (χ0) is 16.9. The summed E-state index contributed by atoms with van der Waals surface area (Å²) in [6.07, 6.45) is 1.87. The second-order valence-corrected chi connectivity index (χ2v) is 6.50. The van der Waals surface area contributed by atoms with Crippen molar-refractivity contribution in [3.05, 3.63) is 46.7 Å². The number of nitrogens with one attached hydrogen (secondary N) is 3. The Labute approximate surface area is 143 Å². The molecule has 0 saturated heterocycles. The molecule has 1 fully saturated rings. The monoisotopic (exact) mass is 343 g/mol. The summed E-state index contributed by atoms with van der Waals surface area (Å²) in [6.45, 7) is -0.116. The molecule has 124 valence electrons. The first-order chi connectivity index (χ1) is 11.6. The van der Waals surface area contributed by atoms with Gasteiger partial charge in [0, 0.05) is 17.3 Å². The number of amides is 3. The highest BCUT2D eigenvalue weighted by atomic mass is 32.1. The van der Waals surface area contributed by atoms with Crippen molar-refractivity contribution in [3.8, 4) is 0 Å². The van der Waals surface area contributed by atoms with Crippen molar-refractivity contribution in [2.24, 2.45) is 5.92 Å². The minimum Gasteiger partial charge on any atom is -0.342 e. The molecule has 0 bridgehead atoms. The van der Waals surface area contributed by atoms with Crippen LogP contribution in [0.2, 0.25) is 0 Å². The Bertz CT molecular complexity index is 754. The van der Waals surface area contributed by atoms with Crippen LogP contribution in [0, 0.1) is 5.92 Å². The number of benzene rings is 1. The fourth-order valence-electron chi connectivity index (χ4n) is 2.13. The number of hydrogen-bond acceptors (Lipinski definition) is 4. The number of anilines is 2. The SMILES string of the molecule is O=C(CNC(=O)c1cccs1)Nc1cccc(NC(=O)C2CC2)c1. The number of thiophene rings is 1. The fourth-order valence-corrected chi connectivity index (χ4v) is 2.77. The second kappa shape index (κ2) is 7.27. The van der Waals surface area contributed by atoms with Crippen molar-refractivity contribution in [1.29, 1.82) is 0 Å². The molecule has 6 nitrogen and oxygen atoms in total. The molecule has 2 aromatic rings. The lowest BCUT2D eigenvalue weighted by Gasteiger charge is -2.09. The van der Waals surface area contributed by atoms with E-state index in [9.17, 15) is 14.4 Å². The highest BCUT2D eigenvalue weighted by molar-refractivity contribution is 7.12. The second-order valence-electron chi connectivity index (χ2n) is 5.55. The molecule has 1 heterocycles. The normalized spacial score (nSPS) is 13.2. The van der Waals surface area contributed by atoms with Gasteiger partial charge < -0.3 is 16.0 Å². The van der Waals surface area contributed by atoms with E-state index in [1.165, 1.54) is 11.3 Å². The molecular formula is C17H17N3O3S. The minimum absolute atomic E-state index is 0.0155. The van der Waals surface area contributed by atoms with Gasteiger partial charge in [-0.2, -0.15) is 0 Å². The van der Waals surface area contributed by atoms with Crippen molar-refractivity contribution < 1.29 is 14.4 Å². The Balaban J connectivity index is 1.50. The summed E-state index contributed by atoms with van der Waals surface area (Å²) in [7, 11) is 0. The zero-order valence-electron chi connectivity index (χ0n) is 12.9. The van der Waals surface area contributed by atoms with E-state index in [1.54, 1.807) is 41.8 Å². The first-order valence-electron chi connectivity index (χ1n) is 7.64. The summed E-state index contributed by atoms with van der Waals surface area (Å²) in [4.78, 5) is 36.0. The van der Waals surface area contributed by atoms with Crippen molar-refractivity contribution in [1.82, 2.24) is 5.32 Å². The third-order valence-electron chi connectivity index (χ3n) is 3.52. The Kier molecular flexibility index (Phi) is 4.90. The Morgan fingerprint density at radius 2 is 1.79 bits per heavy atom. The maximum Gasteiger partial charge on any atom is 0.261 e. The maximum absolute atomic E-state index is 11.9. The van der Waals surface area contributed by atoms with Crippen LogP contribution in [0.25, 0.3) is 0 Å². The average molecular weight is 343 g/mol. The van der Waals surface area contributed by atoms with Crippen molar-refractivity contribution in [2.45, 2.75) is 12.8 Å². The summed E-state index contributed by atoms with van der Waals surface area (Å²) >= 11 is 1.32. The topological polar surface area (TPSA) is 87.3 Å². The number of hydrogen-bond donors (Lipinski definition) is 3. The van der Waals surface area contributed by atoms with Crippen LogP contribution in [0.3, 0.4) is 0 Å². The van der Waals surface area contributed by atoms with Crippen LogP contribution in [0.4, 0.5) is 11.4 Å². The van der Waals surface area contributed by atoms with Crippen molar-refractivity contribution in [3.63, 3.8) is 0 Å². The molecule has 7 heteroatoms. The van der Waals surface area contributed by atoms with E-state index >= 15 is 0 Å². The van der Waals surface area contributed by atoms with Gasteiger partial charge in [0.1, 0.15) is 0 Å². The van der Waals surface area contributed by atoms with Crippen LogP contribution in [0.1, 0.15) is 22.5 Å². The van der Waals surface area contributed by atoms with Gasteiger partial charge in [0.05, 0.1) is 11.4 Å². The number of rotatable bonds is 6. The van der Waals surface area contributed by atoms with E-state index in [-0.39, 0.29) is 30.2 Å². The Morgan fingerprint density at radius 1 is 1.04 bits per heavy atom. The minimum atomic E-state index is -0.328. The highest BCUT2D eigenvalue weighted by Gasteiger charge is 2.29. The Hall–Kier alpha value is -2.67. The molecule has 0 radical (unpaired) electrons. The molecule has 3 N–H and O–H groups in total. The third kappa shape index (κ3) is 4.42. The molecule has 1 aliphatic rings. The standard InChI is InChI=1S/C17H17N3O3S/c21-15(10-18-17(23)14-5-2-8-24-14)19-12-3-1-4-13(9-12)20-16(22)11-6-7-11/h1-5,8-9,11H,6-7,10H2,(H,18,23)(H,19,21)(H,20,22). The van der Waals surface area contributed by atoms with Gasteiger partial charge in [-0.25, -0.2) is 0 Å². The Morgan fingerprint density at radius 3 is 2.46 bits per heavy atom. The largest absolute Gasteiger partial charge is 0.342 e. The van der Waals surface area contributed by atoms with Crippen LogP contribution in [-0.4, -0.2) is 24.3 Å². The lowest BCUT2D eigenvalue weighted by molar-refractivity contribution is -0.117. The summed E-state index contributed by atoms with van der Waals surface area (Å²) in [5.74, 6) is -0.464. The summed E-state index contributed by atoms with van der Waals surface area (Å²) < 4.78 is 0. The number of carbonyl (C=O) groups excluding carboxylic acids is 3. The van der Waals surface area contributed by atoms with E-state index in [4.69, 9.17) is 0 Å². The molecule has 0 spiro atoms. The van der Waals surface area contributed by atoms with Gasteiger partial charge in [0.25, 0.3) is 5.91 Å². The first kappa shape index (κ1) is 16.2. The van der Waals surface area contributed by atoms with E-state index in [1.807, 2.05) is 0 Å². The molecule has 0 atom stereocenters. The number of carbonyl (C=O) groups is 3. The van der Waals surface area contributed by atoms with Crippen LogP contribution in [0.15, 0.2) is 41.8 Å². The molecule has 1 saturated carbocycles. The van der Waals surface area contributed by atoms with E-state index in [2.05, 4.69) is 16.0 Å². The zero-order valence-corrected chi connectivity index (χ0v) is 13.7. The summed E-state index contributed by atoms with van der Waals surface area (Å²) in [5.41, 5.74) is 1.21. The van der Waals surface area contributed by atoms with Gasteiger partial charge in [-0.15, -0.1) is 11.3 Å². The van der Waals surface area contributed by atoms with Crippen LogP contribution >= 0.6 is 11.3 Å². The fraction of sp³-hybridized carbons (Fsp3) is 0.235. The molecule has 0 aliphatic heterocycles. The van der Waals surface area contributed by atoms with Gasteiger partial charge in [-0.3, -0.25) is 14.4 Å². The lowest BCUT2D eigenvalue weighted by atomic mass is 10.2. The lowest BCUT2D eigenvalue weighted by Crippen LogP contribution is -2.32. The summed E-state index contributed by atoms with van der Waals surface area (Å²) in [5, 5.41) is 9.89. The quantitative estimate of drug-likeness (QED) is 0.753.